The predicted octanol–water partition coefficient (Wildman–Crippen LogP) is 2.02. The third-order valence-corrected chi connectivity index (χ3v) is 1.86. The molecular formula is C8H13F2NO2. The number of alkyl halides is 2. The van der Waals surface area contributed by atoms with Gasteiger partial charge in [-0.3, -0.25) is 4.79 Å². The maximum Gasteiger partial charge on any atom is 0.311 e. The molecule has 0 saturated heterocycles. The first-order valence-corrected chi connectivity index (χ1v) is 3.83. The lowest BCUT2D eigenvalue weighted by Crippen LogP contribution is -2.29. The van der Waals surface area contributed by atoms with Crippen LogP contribution in [0.3, 0.4) is 0 Å². The fourth-order valence-electron chi connectivity index (χ4n) is 0.873. The van der Waals surface area contributed by atoms with Crippen LogP contribution in [0.15, 0.2) is 0 Å². The Morgan fingerprint density at radius 3 is 2.31 bits per heavy atom. The standard InChI is InChI=1S/C8H13F2NO2/c1-8(2,7(9)10)3-5(4-11)6(12)13/h4-5,7,11H,3H2,1-2H3,(H,12,13). The van der Waals surface area contributed by atoms with E-state index in [2.05, 4.69) is 0 Å². The molecule has 2 N–H and O–H groups in total. The summed E-state index contributed by atoms with van der Waals surface area (Å²) in [4.78, 5) is 10.4. The number of hydrogen-bond acceptors (Lipinski definition) is 2. The van der Waals surface area contributed by atoms with Gasteiger partial charge in [0.15, 0.2) is 0 Å². The smallest absolute Gasteiger partial charge is 0.311 e. The van der Waals surface area contributed by atoms with Crippen molar-refractivity contribution < 1.29 is 18.7 Å². The maximum absolute atomic E-state index is 12.3. The van der Waals surface area contributed by atoms with Gasteiger partial charge in [-0.25, -0.2) is 8.78 Å². The lowest BCUT2D eigenvalue weighted by molar-refractivity contribution is -0.140. The summed E-state index contributed by atoms with van der Waals surface area (Å²) in [6.45, 7) is 2.58. The second-order valence-electron chi connectivity index (χ2n) is 3.60. The number of carbonyl (C=O) groups is 1. The first-order valence-electron chi connectivity index (χ1n) is 3.83. The number of aliphatic carboxylic acids is 1. The molecule has 0 saturated carbocycles. The first-order chi connectivity index (χ1) is 5.81. The van der Waals surface area contributed by atoms with Gasteiger partial charge in [0, 0.05) is 11.6 Å². The Balaban J connectivity index is 4.39. The number of carboxylic acids is 1. The van der Waals surface area contributed by atoms with Gasteiger partial charge in [0.25, 0.3) is 0 Å². The maximum atomic E-state index is 12.3. The van der Waals surface area contributed by atoms with E-state index in [1.54, 1.807) is 0 Å². The minimum absolute atomic E-state index is 0.219. The van der Waals surface area contributed by atoms with E-state index in [1.807, 2.05) is 0 Å². The van der Waals surface area contributed by atoms with E-state index in [0.29, 0.717) is 6.21 Å². The topological polar surface area (TPSA) is 61.2 Å². The zero-order chi connectivity index (χ0) is 10.6. The lowest BCUT2D eigenvalue weighted by atomic mass is 9.83. The van der Waals surface area contributed by atoms with Crippen LogP contribution in [0.4, 0.5) is 8.78 Å². The molecule has 3 nitrogen and oxygen atoms in total. The van der Waals surface area contributed by atoms with E-state index in [1.165, 1.54) is 13.8 Å². The van der Waals surface area contributed by atoms with Gasteiger partial charge in [0.1, 0.15) is 0 Å². The largest absolute Gasteiger partial charge is 0.481 e. The Hall–Kier alpha value is -1.00. The highest BCUT2D eigenvalue weighted by atomic mass is 19.3. The molecule has 0 aliphatic carbocycles. The average Bonchev–Trinajstić information content (AvgIpc) is 1.99. The summed E-state index contributed by atoms with van der Waals surface area (Å²) in [5, 5.41) is 15.3. The van der Waals surface area contributed by atoms with E-state index < -0.39 is 23.7 Å². The van der Waals surface area contributed by atoms with Crippen LogP contribution in [0.5, 0.6) is 0 Å². The van der Waals surface area contributed by atoms with E-state index in [4.69, 9.17) is 10.5 Å². The zero-order valence-corrected chi connectivity index (χ0v) is 7.55. The molecule has 13 heavy (non-hydrogen) atoms. The van der Waals surface area contributed by atoms with Crippen LogP contribution in [0.2, 0.25) is 0 Å². The van der Waals surface area contributed by atoms with E-state index >= 15 is 0 Å². The van der Waals surface area contributed by atoms with Crippen molar-refractivity contribution in [2.75, 3.05) is 0 Å². The molecule has 0 spiro atoms. The third-order valence-electron chi connectivity index (χ3n) is 1.86. The second-order valence-corrected chi connectivity index (χ2v) is 3.60. The Morgan fingerprint density at radius 1 is 1.62 bits per heavy atom. The molecule has 1 atom stereocenters. The number of halogens is 2. The molecule has 0 fully saturated rings. The van der Waals surface area contributed by atoms with E-state index in [-0.39, 0.29) is 6.42 Å². The van der Waals surface area contributed by atoms with Crippen LogP contribution in [0.25, 0.3) is 0 Å². The van der Waals surface area contributed by atoms with E-state index in [0.717, 1.165) is 0 Å². The highest BCUT2D eigenvalue weighted by molar-refractivity contribution is 5.87. The fourth-order valence-corrected chi connectivity index (χ4v) is 0.873. The van der Waals surface area contributed by atoms with Crippen molar-refractivity contribution in [3.8, 4) is 0 Å². The summed E-state index contributed by atoms with van der Waals surface area (Å²) in [5.41, 5.74) is -1.36. The quantitative estimate of drug-likeness (QED) is 0.656. The van der Waals surface area contributed by atoms with Gasteiger partial charge in [0.05, 0.1) is 5.92 Å². The molecule has 0 bridgehead atoms. The Kier molecular flexibility index (Phi) is 3.97. The van der Waals surface area contributed by atoms with Crippen molar-refractivity contribution in [3.63, 3.8) is 0 Å². The summed E-state index contributed by atoms with van der Waals surface area (Å²) < 4.78 is 24.6. The van der Waals surface area contributed by atoms with Gasteiger partial charge in [-0.15, -0.1) is 0 Å². The molecule has 0 radical (unpaired) electrons. The molecule has 0 heterocycles. The summed E-state index contributed by atoms with van der Waals surface area (Å²) in [6.07, 6.45) is -2.11. The predicted molar refractivity (Wildman–Crippen MR) is 44.3 cm³/mol. The van der Waals surface area contributed by atoms with Crippen molar-refractivity contribution in [2.24, 2.45) is 11.3 Å². The Labute approximate surface area is 75.3 Å². The fraction of sp³-hybridized carbons (Fsp3) is 0.750. The summed E-state index contributed by atoms with van der Waals surface area (Å²) in [7, 11) is 0. The van der Waals surface area contributed by atoms with Crippen LogP contribution < -0.4 is 0 Å². The minimum Gasteiger partial charge on any atom is -0.481 e. The number of carboxylic acid groups (broad SMARTS) is 1. The lowest BCUT2D eigenvalue weighted by Gasteiger charge is -2.25. The molecule has 0 aliphatic heterocycles. The Bertz CT molecular complexity index is 204. The van der Waals surface area contributed by atoms with Crippen LogP contribution in [-0.4, -0.2) is 23.7 Å². The normalized spacial score (nSPS) is 14.2. The molecule has 0 aromatic carbocycles. The molecule has 0 aromatic rings. The van der Waals surface area contributed by atoms with Crippen LogP contribution in [0, 0.1) is 16.7 Å². The van der Waals surface area contributed by atoms with Crippen molar-refractivity contribution >= 4 is 12.2 Å². The van der Waals surface area contributed by atoms with Crippen molar-refractivity contribution in [2.45, 2.75) is 26.7 Å². The third kappa shape index (κ3) is 3.48. The van der Waals surface area contributed by atoms with Crippen molar-refractivity contribution in [1.29, 1.82) is 5.41 Å². The van der Waals surface area contributed by atoms with Gasteiger partial charge in [-0.1, -0.05) is 13.8 Å². The Morgan fingerprint density at radius 2 is 2.08 bits per heavy atom. The molecule has 76 valence electrons. The van der Waals surface area contributed by atoms with Crippen LogP contribution in [-0.2, 0) is 4.79 Å². The molecule has 5 heteroatoms. The number of nitrogens with one attached hydrogen (secondary N) is 1. The summed E-state index contributed by atoms with van der Waals surface area (Å²) in [5.74, 6) is -2.35. The van der Waals surface area contributed by atoms with Crippen LogP contribution in [0.1, 0.15) is 20.3 Å². The summed E-state index contributed by atoms with van der Waals surface area (Å²) in [6, 6.07) is 0. The van der Waals surface area contributed by atoms with Crippen molar-refractivity contribution in [1.82, 2.24) is 0 Å². The number of hydrogen-bond donors (Lipinski definition) is 2. The SMILES string of the molecule is CC(C)(CC(C=N)C(=O)O)C(F)F. The highest BCUT2D eigenvalue weighted by Gasteiger charge is 2.34. The number of rotatable bonds is 5. The van der Waals surface area contributed by atoms with Gasteiger partial charge >= 0.3 is 5.97 Å². The molecule has 0 aromatic heterocycles. The van der Waals surface area contributed by atoms with E-state index in [9.17, 15) is 13.6 Å². The monoisotopic (exact) mass is 193 g/mol. The van der Waals surface area contributed by atoms with Crippen molar-refractivity contribution in [3.05, 3.63) is 0 Å². The van der Waals surface area contributed by atoms with Gasteiger partial charge in [0.2, 0.25) is 6.43 Å². The molecule has 0 rings (SSSR count). The molecule has 1 unspecified atom stereocenters. The van der Waals surface area contributed by atoms with Crippen LogP contribution >= 0.6 is 0 Å². The average molecular weight is 193 g/mol. The van der Waals surface area contributed by atoms with Gasteiger partial charge in [-0.05, 0) is 6.42 Å². The highest BCUT2D eigenvalue weighted by Crippen LogP contribution is 2.31. The second kappa shape index (κ2) is 4.30. The first kappa shape index (κ1) is 12.0. The minimum atomic E-state index is -2.57. The van der Waals surface area contributed by atoms with Gasteiger partial charge in [-0.2, -0.15) is 0 Å². The van der Waals surface area contributed by atoms with Gasteiger partial charge < -0.3 is 10.5 Å². The molecular weight excluding hydrogens is 180 g/mol. The molecule has 0 amide bonds. The zero-order valence-electron chi connectivity index (χ0n) is 7.55. The molecule has 0 aliphatic rings. The summed E-state index contributed by atoms with van der Waals surface area (Å²) >= 11 is 0.